The molecular weight excluding hydrogens is 368 g/mol. The van der Waals surface area contributed by atoms with Gasteiger partial charge in [-0.25, -0.2) is 0 Å². The Bertz CT molecular complexity index is 1060. The van der Waals surface area contributed by atoms with Crippen molar-refractivity contribution in [3.63, 3.8) is 0 Å². The van der Waals surface area contributed by atoms with Crippen LogP contribution in [-0.2, 0) is 5.41 Å². The third kappa shape index (κ3) is 2.54. The molecule has 0 bridgehead atoms. The number of halogens is 1. The zero-order chi connectivity index (χ0) is 18.3. The van der Waals surface area contributed by atoms with Crippen molar-refractivity contribution >= 4 is 23.4 Å². The zero-order valence-corrected chi connectivity index (χ0v) is 16.2. The van der Waals surface area contributed by atoms with Gasteiger partial charge in [-0.15, -0.1) is 0 Å². The van der Waals surface area contributed by atoms with E-state index < -0.39 is 0 Å². The van der Waals surface area contributed by atoms with Crippen LogP contribution in [0.5, 0.6) is 0 Å². The molecule has 5 rings (SSSR count). The van der Waals surface area contributed by atoms with Gasteiger partial charge in [-0.05, 0) is 40.5 Å². The molecule has 1 aliphatic heterocycles. The summed E-state index contributed by atoms with van der Waals surface area (Å²) in [5.74, 6) is 0. The van der Waals surface area contributed by atoms with Gasteiger partial charge in [0.2, 0.25) is 0 Å². The summed E-state index contributed by atoms with van der Waals surface area (Å²) in [5, 5.41) is 0.774. The lowest BCUT2D eigenvalue weighted by molar-refractivity contribution is 0.703. The first-order valence-corrected chi connectivity index (χ1v) is 10.2. The minimum absolute atomic E-state index is 0.357. The number of benzene rings is 4. The second kappa shape index (κ2) is 6.60. The molecule has 0 aromatic heterocycles. The molecule has 27 heavy (non-hydrogen) atoms. The van der Waals surface area contributed by atoms with Gasteiger partial charge >= 0.3 is 0 Å². The maximum Gasteiger partial charge on any atom is 0.0723 e. The monoisotopic (exact) mass is 384 g/mol. The number of rotatable bonds is 2. The van der Waals surface area contributed by atoms with Gasteiger partial charge in [0.15, 0.2) is 0 Å². The maximum absolute atomic E-state index is 6.38. The average Bonchev–Trinajstić information content (AvgIpc) is 2.73. The molecular formula is C25H17ClS. The van der Waals surface area contributed by atoms with E-state index in [1.807, 2.05) is 6.07 Å². The number of fused-ring (bicyclic) bond motifs is 2. The number of hydrogen-bond donors (Lipinski definition) is 0. The van der Waals surface area contributed by atoms with Crippen molar-refractivity contribution in [3.8, 4) is 0 Å². The molecule has 0 nitrogen and oxygen atoms in total. The van der Waals surface area contributed by atoms with E-state index in [0.717, 1.165) is 5.02 Å². The predicted octanol–water partition coefficient (Wildman–Crippen LogP) is 7.19. The highest BCUT2D eigenvalue weighted by atomic mass is 35.5. The van der Waals surface area contributed by atoms with Crippen LogP contribution >= 0.6 is 23.4 Å². The molecule has 0 atom stereocenters. The molecule has 0 saturated carbocycles. The largest absolute Gasteiger partial charge is 0.0894 e. The quantitative estimate of drug-likeness (QED) is 0.310. The highest BCUT2D eigenvalue weighted by Crippen LogP contribution is 2.55. The predicted molar refractivity (Wildman–Crippen MR) is 114 cm³/mol. The van der Waals surface area contributed by atoms with Gasteiger partial charge in [0.25, 0.3) is 0 Å². The third-order valence-electron chi connectivity index (χ3n) is 5.27. The lowest BCUT2D eigenvalue weighted by Gasteiger charge is -2.41. The van der Waals surface area contributed by atoms with Crippen LogP contribution in [0.2, 0.25) is 5.02 Å². The van der Waals surface area contributed by atoms with Gasteiger partial charge < -0.3 is 0 Å². The summed E-state index contributed by atoms with van der Waals surface area (Å²) in [4.78, 5) is 2.49. The summed E-state index contributed by atoms with van der Waals surface area (Å²) < 4.78 is 0. The SMILES string of the molecule is Clc1ccc2c(c1)Sc1ccccc1C2(c1ccccc1)c1ccccc1. The fourth-order valence-corrected chi connectivity index (χ4v) is 5.65. The normalized spacial score (nSPS) is 14.3. The van der Waals surface area contributed by atoms with E-state index >= 15 is 0 Å². The van der Waals surface area contributed by atoms with Gasteiger partial charge in [0.05, 0.1) is 5.41 Å². The van der Waals surface area contributed by atoms with Crippen molar-refractivity contribution in [1.82, 2.24) is 0 Å². The van der Waals surface area contributed by atoms with Crippen LogP contribution in [-0.4, -0.2) is 0 Å². The van der Waals surface area contributed by atoms with Gasteiger partial charge in [0, 0.05) is 14.8 Å². The topological polar surface area (TPSA) is 0 Å². The fraction of sp³-hybridized carbons (Fsp3) is 0.0400. The summed E-state index contributed by atoms with van der Waals surface area (Å²) in [6.07, 6.45) is 0. The Labute approximate surface area is 168 Å². The van der Waals surface area contributed by atoms with Crippen molar-refractivity contribution in [2.45, 2.75) is 15.2 Å². The van der Waals surface area contributed by atoms with Crippen molar-refractivity contribution in [3.05, 3.63) is 130 Å². The van der Waals surface area contributed by atoms with Crippen LogP contribution in [0.4, 0.5) is 0 Å². The molecule has 0 aliphatic carbocycles. The molecule has 0 fully saturated rings. The fourth-order valence-electron chi connectivity index (χ4n) is 4.18. The van der Waals surface area contributed by atoms with E-state index in [1.165, 1.54) is 32.0 Å². The van der Waals surface area contributed by atoms with Gasteiger partial charge in [-0.1, -0.05) is 108 Å². The van der Waals surface area contributed by atoms with E-state index in [9.17, 15) is 0 Å². The van der Waals surface area contributed by atoms with Crippen LogP contribution in [0.1, 0.15) is 22.3 Å². The molecule has 0 amide bonds. The van der Waals surface area contributed by atoms with Crippen molar-refractivity contribution in [2.24, 2.45) is 0 Å². The first kappa shape index (κ1) is 16.7. The summed E-state index contributed by atoms with van der Waals surface area (Å²) in [6, 6.07) is 36.6. The average molecular weight is 385 g/mol. The summed E-state index contributed by atoms with van der Waals surface area (Å²) in [5.41, 5.74) is 4.79. The first-order valence-electron chi connectivity index (χ1n) is 8.98. The molecule has 1 aliphatic rings. The van der Waals surface area contributed by atoms with Crippen LogP contribution in [0.3, 0.4) is 0 Å². The Balaban J connectivity index is 1.97. The van der Waals surface area contributed by atoms with Crippen LogP contribution in [0.15, 0.2) is 113 Å². The second-order valence-corrected chi connectivity index (χ2v) is 8.24. The van der Waals surface area contributed by atoms with Gasteiger partial charge in [-0.2, -0.15) is 0 Å². The van der Waals surface area contributed by atoms with Crippen molar-refractivity contribution in [2.75, 3.05) is 0 Å². The molecule has 0 N–H and O–H groups in total. The summed E-state index contributed by atoms with van der Waals surface area (Å²) in [6.45, 7) is 0. The van der Waals surface area contributed by atoms with E-state index in [-0.39, 0.29) is 5.41 Å². The third-order valence-corrected chi connectivity index (χ3v) is 6.64. The molecule has 2 heteroatoms. The van der Waals surface area contributed by atoms with E-state index in [0.29, 0.717) is 0 Å². The van der Waals surface area contributed by atoms with E-state index in [2.05, 4.69) is 97.1 Å². The Morgan fingerprint density at radius 3 is 1.78 bits per heavy atom. The minimum Gasteiger partial charge on any atom is -0.0894 e. The molecule has 0 saturated heterocycles. The lowest BCUT2D eigenvalue weighted by atomic mass is 9.65. The van der Waals surface area contributed by atoms with Crippen LogP contribution in [0.25, 0.3) is 0 Å². The van der Waals surface area contributed by atoms with E-state index in [4.69, 9.17) is 11.6 Å². The minimum atomic E-state index is -0.357. The summed E-state index contributed by atoms with van der Waals surface area (Å²) >= 11 is 8.18. The smallest absolute Gasteiger partial charge is 0.0723 e. The Morgan fingerprint density at radius 2 is 1.11 bits per heavy atom. The first-order chi connectivity index (χ1) is 13.3. The van der Waals surface area contributed by atoms with Crippen molar-refractivity contribution < 1.29 is 0 Å². The highest BCUT2D eigenvalue weighted by Gasteiger charge is 2.43. The molecule has 0 radical (unpaired) electrons. The van der Waals surface area contributed by atoms with Crippen molar-refractivity contribution in [1.29, 1.82) is 0 Å². The van der Waals surface area contributed by atoms with Crippen LogP contribution in [0, 0.1) is 0 Å². The maximum atomic E-state index is 6.38. The molecule has 130 valence electrons. The van der Waals surface area contributed by atoms with Crippen LogP contribution < -0.4 is 0 Å². The highest BCUT2D eigenvalue weighted by molar-refractivity contribution is 7.99. The molecule has 1 heterocycles. The molecule has 0 spiro atoms. The number of hydrogen-bond acceptors (Lipinski definition) is 1. The van der Waals surface area contributed by atoms with E-state index in [1.54, 1.807) is 11.8 Å². The Kier molecular flexibility index (Phi) is 4.07. The standard InChI is InChI=1S/C25H17ClS/c26-20-15-16-22-24(17-20)27-23-14-8-7-13-21(23)25(22,18-9-3-1-4-10-18)19-11-5-2-6-12-19/h1-17H. The second-order valence-electron chi connectivity index (χ2n) is 6.72. The molecule has 4 aromatic rings. The van der Waals surface area contributed by atoms with Gasteiger partial charge in [-0.3, -0.25) is 0 Å². The lowest BCUT2D eigenvalue weighted by Crippen LogP contribution is -2.34. The molecule has 0 unspecified atom stereocenters. The Hall–Kier alpha value is -2.48. The Morgan fingerprint density at radius 1 is 0.556 bits per heavy atom. The van der Waals surface area contributed by atoms with Gasteiger partial charge in [0.1, 0.15) is 0 Å². The summed E-state index contributed by atoms with van der Waals surface area (Å²) in [7, 11) is 0. The zero-order valence-electron chi connectivity index (χ0n) is 14.6. The molecule has 4 aromatic carbocycles.